The van der Waals surface area contributed by atoms with Crippen LogP contribution in [0.4, 0.5) is 5.69 Å². The third-order valence-corrected chi connectivity index (χ3v) is 3.87. The van der Waals surface area contributed by atoms with Gasteiger partial charge in [-0.05, 0) is 37.0 Å². The Hall–Kier alpha value is -1.81. The molecular formula is C16H22N4. The molecule has 1 aliphatic rings. The van der Waals surface area contributed by atoms with E-state index in [1.807, 2.05) is 12.4 Å². The number of piperidine rings is 1. The summed E-state index contributed by atoms with van der Waals surface area (Å²) < 4.78 is 0. The summed E-state index contributed by atoms with van der Waals surface area (Å²) in [6.45, 7) is 4.16. The van der Waals surface area contributed by atoms with Crippen LogP contribution in [0.25, 0.3) is 0 Å². The van der Waals surface area contributed by atoms with Crippen LogP contribution in [0.2, 0.25) is 0 Å². The van der Waals surface area contributed by atoms with Crippen molar-refractivity contribution in [2.75, 3.05) is 18.0 Å². The van der Waals surface area contributed by atoms with Gasteiger partial charge in [-0.2, -0.15) is 5.10 Å². The number of aromatic nitrogens is 2. The monoisotopic (exact) mass is 270 g/mol. The zero-order valence-corrected chi connectivity index (χ0v) is 11.8. The minimum absolute atomic E-state index is 0.852. The van der Waals surface area contributed by atoms with Crippen LogP contribution in [0, 0.1) is 0 Å². The summed E-state index contributed by atoms with van der Waals surface area (Å²) >= 11 is 0. The molecule has 3 rings (SSSR count). The van der Waals surface area contributed by atoms with Crippen LogP contribution in [-0.4, -0.2) is 23.3 Å². The molecule has 2 aromatic rings. The van der Waals surface area contributed by atoms with Crippen LogP contribution in [0.3, 0.4) is 0 Å². The number of nitrogens with zero attached hydrogens (tertiary/aromatic N) is 2. The fourth-order valence-electron chi connectivity index (χ4n) is 2.70. The van der Waals surface area contributed by atoms with Crippen molar-refractivity contribution in [2.24, 2.45) is 0 Å². The van der Waals surface area contributed by atoms with Crippen LogP contribution in [0.5, 0.6) is 0 Å². The van der Waals surface area contributed by atoms with Crippen molar-refractivity contribution in [3.05, 3.63) is 47.8 Å². The van der Waals surface area contributed by atoms with Gasteiger partial charge < -0.3 is 10.2 Å². The fourth-order valence-corrected chi connectivity index (χ4v) is 2.70. The Labute approximate surface area is 120 Å². The lowest BCUT2D eigenvalue weighted by Gasteiger charge is -2.28. The van der Waals surface area contributed by atoms with E-state index in [0.29, 0.717) is 0 Å². The summed E-state index contributed by atoms with van der Waals surface area (Å²) in [7, 11) is 0. The molecule has 0 spiro atoms. The lowest BCUT2D eigenvalue weighted by atomic mass is 10.1. The van der Waals surface area contributed by atoms with Gasteiger partial charge in [0.05, 0.1) is 6.20 Å². The van der Waals surface area contributed by atoms with E-state index >= 15 is 0 Å². The molecule has 1 aliphatic heterocycles. The molecule has 1 aromatic carbocycles. The SMILES string of the molecule is c1cc(N2CCCCC2)ccc1CNCc1cn[nH]c1. The minimum atomic E-state index is 0.852. The highest BCUT2D eigenvalue weighted by Gasteiger charge is 2.10. The van der Waals surface area contributed by atoms with E-state index in [-0.39, 0.29) is 0 Å². The van der Waals surface area contributed by atoms with Crippen LogP contribution in [-0.2, 0) is 13.1 Å². The molecule has 4 nitrogen and oxygen atoms in total. The minimum Gasteiger partial charge on any atom is -0.372 e. The van der Waals surface area contributed by atoms with Crippen LogP contribution in [0.1, 0.15) is 30.4 Å². The van der Waals surface area contributed by atoms with Crippen molar-refractivity contribution in [1.82, 2.24) is 15.5 Å². The summed E-state index contributed by atoms with van der Waals surface area (Å²) in [4.78, 5) is 2.49. The van der Waals surface area contributed by atoms with Gasteiger partial charge >= 0.3 is 0 Å². The van der Waals surface area contributed by atoms with Gasteiger partial charge in [0.15, 0.2) is 0 Å². The van der Waals surface area contributed by atoms with E-state index in [2.05, 4.69) is 44.7 Å². The third kappa shape index (κ3) is 3.39. The second-order valence-corrected chi connectivity index (χ2v) is 5.42. The summed E-state index contributed by atoms with van der Waals surface area (Å²) in [6.07, 6.45) is 7.81. The zero-order chi connectivity index (χ0) is 13.6. The molecule has 4 heteroatoms. The first-order valence-corrected chi connectivity index (χ1v) is 7.44. The average molecular weight is 270 g/mol. The highest BCUT2D eigenvalue weighted by molar-refractivity contribution is 5.47. The topological polar surface area (TPSA) is 44.0 Å². The lowest BCUT2D eigenvalue weighted by molar-refractivity contribution is 0.578. The van der Waals surface area contributed by atoms with Gasteiger partial charge in [0.2, 0.25) is 0 Å². The molecule has 0 unspecified atom stereocenters. The molecule has 0 radical (unpaired) electrons. The molecule has 2 N–H and O–H groups in total. The van der Waals surface area contributed by atoms with Gasteiger partial charge in [-0.15, -0.1) is 0 Å². The van der Waals surface area contributed by atoms with E-state index in [0.717, 1.165) is 13.1 Å². The van der Waals surface area contributed by atoms with E-state index in [1.165, 1.54) is 49.2 Å². The summed E-state index contributed by atoms with van der Waals surface area (Å²) in [5, 5.41) is 10.2. The number of hydrogen-bond donors (Lipinski definition) is 2. The first kappa shape index (κ1) is 13.2. The molecule has 106 valence electrons. The second-order valence-electron chi connectivity index (χ2n) is 5.42. The predicted octanol–water partition coefficient (Wildman–Crippen LogP) is 2.69. The Morgan fingerprint density at radius 2 is 1.75 bits per heavy atom. The molecule has 1 aromatic heterocycles. The smallest absolute Gasteiger partial charge is 0.0532 e. The van der Waals surface area contributed by atoms with Gasteiger partial charge in [-0.3, -0.25) is 5.10 Å². The van der Waals surface area contributed by atoms with Crippen molar-refractivity contribution in [3.8, 4) is 0 Å². The molecule has 0 saturated carbocycles. The first-order chi connectivity index (χ1) is 9.92. The lowest BCUT2D eigenvalue weighted by Crippen LogP contribution is -2.29. The van der Waals surface area contributed by atoms with Gasteiger partial charge in [-0.25, -0.2) is 0 Å². The van der Waals surface area contributed by atoms with E-state index in [1.54, 1.807) is 0 Å². The zero-order valence-electron chi connectivity index (χ0n) is 11.8. The average Bonchev–Trinajstić information content (AvgIpc) is 3.02. The van der Waals surface area contributed by atoms with Crippen molar-refractivity contribution in [2.45, 2.75) is 32.4 Å². The van der Waals surface area contributed by atoms with Gasteiger partial charge in [-0.1, -0.05) is 12.1 Å². The van der Waals surface area contributed by atoms with E-state index in [9.17, 15) is 0 Å². The number of nitrogens with one attached hydrogen (secondary N) is 2. The molecule has 20 heavy (non-hydrogen) atoms. The normalized spacial score (nSPS) is 15.5. The van der Waals surface area contributed by atoms with Crippen molar-refractivity contribution >= 4 is 5.69 Å². The maximum Gasteiger partial charge on any atom is 0.0532 e. The third-order valence-electron chi connectivity index (χ3n) is 3.87. The van der Waals surface area contributed by atoms with Gasteiger partial charge in [0.1, 0.15) is 0 Å². The summed E-state index contributed by atoms with van der Waals surface area (Å²) in [5.41, 5.74) is 3.88. The number of hydrogen-bond acceptors (Lipinski definition) is 3. The number of aromatic amines is 1. The molecule has 0 aliphatic carbocycles. The van der Waals surface area contributed by atoms with Crippen molar-refractivity contribution in [3.63, 3.8) is 0 Å². The molecule has 2 heterocycles. The van der Waals surface area contributed by atoms with Gasteiger partial charge in [0.25, 0.3) is 0 Å². The molecule has 1 fully saturated rings. The molecule has 0 bridgehead atoms. The molecule has 0 atom stereocenters. The van der Waals surface area contributed by atoms with Crippen LogP contribution >= 0.6 is 0 Å². The Bertz CT molecular complexity index is 498. The number of H-pyrrole nitrogens is 1. The van der Waals surface area contributed by atoms with Gasteiger partial charge in [0, 0.05) is 43.6 Å². The number of benzene rings is 1. The predicted molar refractivity (Wildman–Crippen MR) is 81.6 cm³/mol. The Balaban J connectivity index is 1.50. The van der Waals surface area contributed by atoms with E-state index in [4.69, 9.17) is 0 Å². The number of rotatable bonds is 5. The van der Waals surface area contributed by atoms with Crippen molar-refractivity contribution < 1.29 is 0 Å². The first-order valence-electron chi connectivity index (χ1n) is 7.44. The van der Waals surface area contributed by atoms with Crippen LogP contribution in [0.15, 0.2) is 36.7 Å². The summed E-state index contributed by atoms with van der Waals surface area (Å²) in [6, 6.07) is 8.96. The maximum atomic E-state index is 3.94. The largest absolute Gasteiger partial charge is 0.372 e. The van der Waals surface area contributed by atoms with Crippen molar-refractivity contribution in [1.29, 1.82) is 0 Å². The maximum absolute atomic E-state index is 3.94. The molecular weight excluding hydrogens is 248 g/mol. The Kier molecular flexibility index (Phi) is 4.33. The highest BCUT2D eigenvalue weighted by atomic mass is 15.1. The second kappa shape index (κ2) is 6.57. The standard InChI is InChI=1S/C16H22N4/c1-2-8-20(9-3-1)16-6-4-14(5-7-16)10-17-11-15-12-18-19-13-15/h4-7,12-13,17H,1-3,8-11H2,(H,18,19). The quantitative estimate of drug-likeness (QED) is 0.878. The Morgan fingerprint density at radius 3 is 2.45 bits per heavy atom. The number of anilines is 1. The van der Waals surface area contributed by atoms with Crippen LogP contribution < -0.4 is 10.2 Å². The molecule has 0 amide bonds. The Morgan fingerprint density at radius 1 is 1.00 bits per heavy atom. The van der Waals surface area contributed by atoms with E-state index < -0.39 is 0 Å². The fraction of sp³-hybridized carbons (Fsp3) is 0.438. The summed E-state index contributed by atoms with van der Waals surface area (Å²) in [5.74, 6) is 0. The highest BCUT2D eigenvalue weighted by Crippen LogP contribution is 2.20. The molecule has 1 saturated heterocycles.